The Bertz CT molecular complexity index is 795. The summed E-state index contributed by atoms with van der Waals surface area (Å²) < 4.78 is 0. The van der Waals surface area contributed by atoms with Gasteiger partial charge in [-0.3, -0.25) is 4.79 Å². The van der Waals surface area contributed by atoms with E-state index in [0.717, 1.165) is 18.4 Å². The maximum Gasteiger partial charge on any atom is 0.307 e. The number of nitrogens with one attached hydrogen (secondary N) is 1. The van der Waals surface area contributed by atoms with E-state index < -0.39 is 12.0 Å². The predicted octanol–water partition coefficient (Wildman–Crippen LogP) is 3.92. The highest BCUT2D eigenvalue weighted by Crippen LogP contribution is 2.41. The number of halogens is 1. The summed E-state index contributed by atoms with van der Waals surface area (Å²) in [6.07, 6.45) is 3.75. The summed E-state index contributed by atoms with van der Waals surface area (Å²) in [6, 6.07) is 10.8. The second-order valence-electron chi connectivity index (χ2n) is 5.92. The standard InChI is InChI=1S/C18H16ClN3O2/c19-15-7-13(12-2-3-12)6-14(8-15)16(9-20)22-17-4-1-11(10-21-17)5-18(23)24/h1,4,6-8,10,12,16H,2-3,5H2,(H,21,22)(H,23,24)/t16-/m0/s1. The number of carbonyl (C=O) groups is 1. The van der Waals surface area contributed by atoms with Gasteiger partial charge in [0.05, 0.1) is 12.5 Å². The molecular weight excluding hydrogens is 326 g/mol. The number of hydrogen-bond donors (Lipinski definition) is 2. The van der Waals surface area contributed by atoms with Crippen molar-refractivity contribution in [2.45, 2.75) is 31.2 Å². The summed E-state index contributed by atoms with van der Waals surface area (Å²) in [6.45, 7) is 0. The molecule has 0 amide bonds. The number of pyridine rings is 1. The molecule has 2 aromatic rings. The van der Waals surface area contributed by atoms with Gasteiger partial charge in [0.15, 0.2) is 0 Å². The number of anilines is 1. The Morgan fingerprint density at radius 1 is 1.42 bits per heavy atom. The fraction of sp³-hybridized carbons (Fsp3) is 0.278. The second-order valence-corrected chi connectivity index (χ2v) is 6.36. The number of rotatable bonds is 6. The van der Waals surface area contributed by atoms with E-state index in [-0.39, 0.29) is 6.42 Å². The summed E-state index contributed by atoms with van der Waals surface area (Å²) in [4.78, 5) is 14.9. The number of carboxylic acids is 1. The minimum Gasteiger partial charge on any atom is -0.481 e. The van der Waals surface area contributed by atoms with Crippen LogP contribution in [-0.4, -0.2) is 16.1 Å². The first-order valence-electron chi connectivity index (χ1n) is 7.68. The lowest BCUT2D eigenvalue weighted by atomic mass is 10.0. The highest BCUT2D eigenvalue weighted by molar-refractivity contribution is 6.30. The van der Waals surface area contributed by atoms with Crippen molar-refractivity contribution >= 4 is 23.4 Å². The quantitative estimate of drug-likeness (QED) is 0.831. The fourth-order valence-corrected chi connectivity index (χ4v) is 2.83. The monoisotopic (exact) mass is 341 g/mol. The normalized spacial score (nSPS) is 14.7. The minimum absolute atomic E-state index is 0.0754. The fourth-order valence-electron chi connectivity index (χ4n) is 2.58. The topological polar surface area (TPSA) is 86.0 Å². The maximum absolute atomic E-state index is 10.7. The van der Waals surface area contributed by atoms with Crippen molar-refractivity contribution in [1.29, 1.82) is 5.26 Å². The lowest BCUT2D eigenvalue weighted by molar-refractivity contribution is -0.136. The number of benzene rings is 1. The molecule has 0 aliphatic heterocycles. The molecule has 0 saturated heterocycles. The zero-order valence-corrected chi connectivity index (χ0v) is 13.6. The van der Waals surface area contributed by atoms with Crippen LogP contribution < -0.4 is 5.32 Å². The SMILES string of the molecule is N#C[C@H](Nc1ccc(CC(=O)O)cn1)c1cc(Cl)cc(C2CC2)c1. The largest absolute Gasteiger partial charge is 0.481 e. The van der Waals surface area contributed by atoms with Gasteiger partial charge in [-0.25, -0.2) is 4.98 Å². The molecule has 1 aromatic heterocycles. The number of nitrogens with zero attached hydrogens (tertiary/aromatic N) is 2. The number of aromatic nitrogens is 1. The second kappa shape index (κ2) is 6.90. The first-order valence-corrected chi connectivity index (χ1v) is 8.06. The van der Waals surface area contributed by atoms with Gasteiger partial charge in [0.1, 0.15) is 11.9 Å². The van der Waals surface area contributed by atoms with Crippen LogP contribution in [-0.2, 0) is 11.2 Å². The summed E-state index contributed by atoms with van der Waals surface area (Å²) in [7, 11) is 0. The summed E-state index contributed by atoms with van der Waals surface area (Å²) >= 11 is 6.19. The summed E-state index contributed by atoms with van der Waals surface area (Å²) in [5, 5.41) is 21.9. The molecule has 1 saturated carbocycles. The molecule has 0 unspecified atom stereocenters. The molecule has 1 fully saturated rings. The van der Waals surface area contributed by atoms with Crippen molar-refractivity contribution in [3.05, 3.63) is 58.2 Å². The van der Waals surface area contributed by atoms with Crippen LogP contribution in [0.3, 0.4) is 0 Å². The molecule has 1 aromatic carbocycles. The van der Waals surface area contributed by atoms with Crippen molar-refractivity contribution in [2.24, 2.45) is 0 Å². The number of nitriles is 1. The molecule has 1 atom stereocenters. The van der Waals surface area contributed by atoms with E-state index in [1.165, 1.54) is 11.8 Å². The van der Waals surface area contributed by atoms with Gasteiger partial charge < -0.3 is 10.4 Å². The van der Waals surface area contributed by atoms with Crippen LogP contribution in [0.1, 0.15) is 41.5 Å². The summed E-state index contributed by atoms with van der Waals surface area (Å²) in [5.74, 6) is 0.165. The first-order chi connectivity index (χ1) is 11.5. The van der Waals surface area contributed by atoms with Gasteiger partial charge in [0, 0.05) is 11.2 Å². The van der Waals surface area contributed by atoms with Crippen molar-refractivity contribution in [3.63, 3.8) is 0 Å². The van der Waals surface area contributed by atoms with Gasteiger partial charge in [-0.1, -0.05) is 23.7 Å². The average molecular weight is 342 g/mol. The smallest absolute Gasteiger partial charge is 0.307 e. The number of hydrogen-bond acceptors (Lipinski definition) is 4. The van der Waals surface area contributed by atoms with E-state index in [1.807, 2.05) is 12.1 Å². The van der Waals surface area contributed by atoms with Crippen LogP contribution in [0.25, 0.3) is 0 Å². The molecule has 5 nitrogen and oxygen atoms in total. The average Bonchev–Trinajstić information content (AvgIpc) is 3.38. The molecule has 3 rings (SSSR count). The molecular formula is C18H16ClN3O2. The Balaban J connectivity index is 1.77. The molecule has 1 heterocycles. The summed E-state index contributed by atoms with van der Waals surface area (Å²) in [5.41, 5.74) is 2.59. The molecule has 0 spiro atoms. The molecule has 1 aliphatic rings. The lowest BCUT2D eigenvalue weighted by Gasteiger charge is -2.14. The zero-order valence-electron chi connectivity index (χ0n) is 12.9. The minimum atomic E-state index is -0.904. The van der Waals surface area contributed by atoms with Crippen LogP contribution in [0.2, 0.25) is 5.02 Å². The highest BCUT2D eigenvalue weighted by atomic mass is 35.5. The number of carboxylic acid groups (broad SMARTS) is 1. The van der Waals surface area contributed by atoms with Gasteiger partial charge >= 0.3 is 5.97 Å². The first kappa shape index (κ1) is 16.3. The van der Waals surface area contributed by atoms with Gasteiger partial charge in [-0.2, -0.15) is 5.26 Å². The van der Waals surface area contributed by atoms with E-state index in [0.29, 0.717) is 22.3 Å². The molecule has 122 valence electrons. The van der Waals surface area contributed by atoms with Gasteiger partial charge in [-0.05, 0) is 53.6 Å². The van der Waals surface area contributed by atoms with E-state index in [4.69, 9.17) is 16.7 Å². The predicted molar refractivity (Wildman–Crippen MR) is 91.0 cm³/mol. The van der Waals surface area contributed by atoms with Crippen LogP contribution >= 0.6 is 11.6 Å². The third kappa shape index (κ3) is 4.03. The van der Waals surface area contributed by atoms with Crippen molar-refractivity contribution in [2.75, 3.05) is 5.32 Å². The van der Waals surface area contributed by atoms with Gasteiger partial charge in [0.25, 0.3) is 0 Å². The van der Waals surface area contributed by atoms with Crippen LogP contribution in [0, 0.1) is 11.3 Å². The molecule has 0 bridgehead atoms. The van der Waals surface area contributed by atoms with E-state index in [9.17, 15) is 10.1 Å². The maximum atomic E-state index is 10.7. The third-order valence-corrected chi connectivity index (χ3v) is 4.14. The van der Waals surface area contributed by atoms with E-state index in [2.05, 4.69) is 16.4 Å². The van der Waals surface area contributed by atoms with Crippen LogP contribution in [0.4, 0.5) is 5.82 Å². The lowest BCUT2D eigenvalue weighted by Crippen LogP contribution is -2.10. The van der Waals surface area contributed by atoms with Crippen LogP contribution in [0.5, 0.6) is 0 Å². The van der Waals surface area contributed by atoms with Gasteiger partial charge in [0.2, 0.25) is 0 Å². The zero-order chi connectivity index (χ0) is 17.1. The Morgan fingerprint density at radius 3 is 2.79 bits per heavy atom. The Kier molecular flexibility index (Phi) is 4.68. The van der Waals surface area contributed by atoms with E-state index in [1.54, 1.807) is 18.2 Å². The Morgan fingerprint density at radius 2 is 2.21 bits per heavy atom. The van der Waals surface area contributed by atoms with E-state index >= 15 is 0 Å². The molecule has 1 aliphatic carbocycles. The van der Waals surface area contributed by atoms with Crippen molar-refractivity contribution in [3.8, 4) is 6.07 Å². The Hall–Kier alpha value is -2.58. The molecule has 24 heavy (non-hydrogen) atoms. The highest BCUT2D eigenvalue weighted by Gasteiger charge is 2.25. The van der Waals surface area contributed by atoms with Crippen LogP contribution in [0.15, 0.2) is 36.5 Å². The molecule has 2 N–H and O–H groups in total. The van der Waals surface area contributed by atoms with Gasteiger partial charge in [-0.15, -0.1) is 0 Å². The van der Waals surface area contributed by atoms with Crippen molar-refractivity contribution < 1.29 is 9.90 Å². The van der Waals surface area contributed by atoms with Crippen molar-refractivity contribution in [1.82, 2.24) is 4.98 Å². The Labute approximate surface area is 144 Å². The molecule has 6 heteroatoms. The molecule has 0 radical (unpaired) electrons. The number of aliphatic carboxylic acids is 1. The third-order valence-electron chi connectivity index (χ3n) is 3.93.